The zero-order valence-electron chi connectivity index (χ0n) is 10.9. The van der Waals surface area contributed by atoms with Crippen molar-refractivity contribution in [2.45, 2.75) is 17.2 Å². The van der Waals surface area contributed by atoms with E-state index in [-0.39, 0.29) is 14.6 Å². The Balaban J connectivity index is 2.24. The lowest BCUT2D eigenvalue weighted by Gasteiger charge is -2.14. The maximum absolute atomic E-state index is 13.6. The van der Waals surface area contributed by atoms with Crippen molar-refractivity contribution in [1.29, 1.82) is 0 Å². The number of thiophene rings is 1. The van der Waals surface area contributed by atoms with Crippen LogP contribution in [0.2, 0.25) is 0 Å². The molecule has 0 radical (unpaired) electrons. The lowest BCUT2D eigenvalue weighted by Crippen LogP contribution is -2.26. The first-order valence-corrected chi connectivity index (χ1v) is 8.21. The maximum Gasteiger partial charge on any atom is 0.345 e. The molecule has 0 spiro atoms. The molecule has 0 aliphatic carbocycles. The first kappa shape index (κ1) is 15.6. The maximum atomic E-state index is 13.6. The van der Waals surface area contributed by atoms with E-state index < -0.39 is 27.9 Å². The van der Waals surface area contributed by atoms with Crippen LogP contribution in [0.5, 0.6) is 0 Å². The number of carboxylic acids is 1. The largest absolute Gasteiger partial charge is 0.477 e. The third kappa shape index (κ3) is 3.46. The number of halogens is 1. The predicted molar refractivity (Wildman–Crippen MR) is 76.4 cm³/mol. The molecule has 1 atom stereocenters. The molecule has 0 amide bonds. The van der Waals surface area contributed by atoms with Gasteiger partial charge in [-0.3, -0.25) is 0 Å². The highest BCUT2D eigenvalue weighted by Gasteiger charge is 2.22. The summed E-state index contributed by atoms with van der Waals surface area (Å²) in [5, 5.41) is 8.81. The van der Waals surface area contributed by atoms with Crippen molar-refractivity contribution in [2.75, 3.05) is 0 Å². The van der Waals surface area contributed by atoms with E-state index in [2.05, 4.69) is 4.72 Å². The van der Waals surface area contributed by atoms with Crippen LogP contribution >= 0.6 is 11.3 Å². The van der Waals surface area contributed by atoms with E-state index in [1.54, 1.807) is 6.07 Å². The molecule has 1 aromatic heterocycles. The van der Waals surface area contributed by atoms with Crippen LogP contribution in [0.15, 0.2) is 40.6 Å². The summed E-state index contributed by atoms with van der Waals surface area (Å²) in [7, 11) is -3.90. The Morgan fingerprint density at radius 2 is 1.95 bits per heavy atom. The quantitative estimate of drug-likeness (QED) is 0.883. The molecule has 0 aliphatic rings. The van der Waals surface area contributed by atoms with Gasteiger partial charge in [0.25, 0.3) is 10.0 Å². The third-order valence-electron chi connectivity index (χ3n) is 2.76. The molecule has 2 N–H and O–H groups in total. The third-order valence-corrected chi connectivity index (χ3v) is 5.87. The average Bonchev–Trinajstić information content (AvgIpc) is 2.89. The number of carbonyl (C=O) groups is 1. The summed E-state index contributed by atoms with van der Waals surface area (Å²) in [5.74, 6) is -1.70. The molecule has 1 heterocycles. The molecule has 2 aromatic rings. The van der Waals surface area contributed by atoms with Crippen molar-refractivity contribution >= 4 is 27.3 Å². The van der Waals surface area contributed by atoms with Gasteiger partial charge in [0, 0.05) is 11.6 Å². The van der Waals surface area contributed by atoms with E-state index in [9.17, 15) is 17.6 Å². The van der Waals surface area contributed by atoms with Gasteiger partial charge in [0.1, 0.15) is 14.9 Å². The molecule has 0 unspecified atom stereocenters. The fraction of sp³-hybridized carbons (Fsp3) is 0.154. The highest BCUT2D eigenvalue weighted by molar-refractivity contribution is 7.91. The minimum Gasteiger partial charge on any atom is -0.477 e. The van der Waals surface area contributed by atoms with Crippen molar-refractivity contribution in [3.8, 4) is 0 Å². The summed E-state index contributed by atoms with van der Waals surface area (Å²) in [6.45, 7) is 1.52. The van der Waals surface area contributed by atoms with Crippen LogP contribution in [0, 0.1) is 5.82 Å². The highest BCUT2D eigenvalue weighted by Crippen LogP contribution is 2.24. The number of hydrogen-bond acceptors (Lipinski definition) is 4. The van der Waals surface area contributed by atoms with Gasteiger partial charge in [0.2, 0.25) is 0 Å². The molecule has 1 aromatic carbocycles. The van der Waals surface area contributed by atoms with Gasteiger partial charge in [-0.25, -0.2) is 22.3 Å². The summed E-state index contributed by atoms with van der Waals surface area (Å²) in [6.07, 6.45) is 0. The number of hydrogen-bond donors (Lipinski definition) is 2. The monoisotopic (exact) mass is 329 g/mol. The number of rotatable bonds is 5. The molecule has 112 valence electrons. The molecule has 8 heteroatoms. The Morgan fingerprint density at radius 1 is 1.29 bits per heavy atom. The van der Waals surface area contributed by atoms with E-state index in [0.29, 0.717) is 11.3 Å². The van der Waals surface area contributed by atoms with Crippen molar-refractivity contribution < 1.29 is 22.7 Å². The molecule has 5 nitrogen and oxygen atoms in total. The number of aromatic carboxylic acids is 1. The van der Waals surface area contributed by atoms with Gasteiger partial charge >= 0.3 is 5.97 Å². The Morgan fingerprint density at radius 3 is 2.52 bits per heavy atom. The van der Waals surface area contributed by atoms with Crippen molar-refractivity contribution in [1.82, 2.24) is 4.72 Å². The minimum absolute atomic E-state index is 0.0751. The van der Waals surface area contributed by atoms with Crippen molar-refractivity contribution in [3.05, 3.63) is 52.7 Å². The molecular formula is C13H12FNO4S2. The van der Waals surface area contributed by atoms with Gasteiger partial charge in [0.05, 0.1) is 0 Å². The smallest absolute Gasteiger partial charge is 0.345 e. The first-order valence-electron chi connectivity index (χ1n) is 5.91. The predicted octanol–water partition coefficient (Wildman–Crippen LogP) is 2.62. The highest BCUT2D eigenvalue weighted by atomic mass is 32.2. The van der Waals surface area contributed by atoms with Crippen LogP contribution in [0.1, 0.15) is 28.2 Å². The molecule has 2 rings (SSSR count). The Kier molecular flexibility index (Phi) is 4.40. The molecule has 0 saturated carbocycles. The Bertz CT molecular complexity index is 770. The summed E-state index contributed by atoms with van der Waals surface area (Å²) in [5.41, 5.74) is 0.219. The van der Waals surface area contributed by atoms with Gasteiger partial charge in [0.15, 0.2) is 0 Å². The molecule has 0 saturated heterocycles. The zero-order valence-corrected chi connectivity index (χ0v) is 12.5. The standard InChI is InChI=1S/C13H12FNO4S2/c1-8(9-4-2-3-5-10(9)14)15-21(18,19)12-7-6-11(20-12)13(16)17/h2-8,15H,1H3,(H,16,17)/t8-/m1/s1. The van der Waals surface area contributed by atoms with E-state index in [0.717, 1.165) is 0 Å². The minimum atomic E-state index is -3.90. The number of nitrogens with one attached hydrogen (secondary N) is 1. The lowest BCUT2D eigenvalue weighted by molar-refractivity contribution is 0.0702. The molecule has 21 heavy (non-hydrogen) atoms. The number of sulfonamides is 1. The van der Waals surface area contributed by atoms with Crippen LogP contribution < -0.4 is 4.72 Å². The average molecular weight is 329 g/mol. The van der Waals surface area contributed by atoms with E-state index in [1.807, 2.05) is 0 Å². The van der Waals surface area contributed by atoms with Gasteiger partial charge in [-0.2, -0.15) is 0 Å². The van der Waals surface area contributed by atoms with Crippen molar-refractivity contribution in [2.24, 2.45) is 0 Å². The van der Waals surface area contributed by atoms with Crippen LogP contribution in [0.4, 0.5) is 4.39 Å². The fourth-order valence-corrected chi connectivity index (χ4v) is 4.14. The second-order valence-electron chi connectivity index (χ2n) is 4.29. The summed E-state index contributed by atoms with van der Waals surface area (Å²) < 4.78 is 40.1. The first-order chi connectivity index (χ1) is 9.81. The molecular weight excluding hydrogens is 317 g/mol. The zero-order chi connectivity index (χ0) is 15.6. The second kappa shape index (κ2) is 5.92. The molecule has 0 fully saturated rings. The Hall–Kier alpha value is -1.77. The van der Waals surface area contributed by atoms with Crippen LogP contribution in [-0.2, 0) is 10.0 Å². The number of carboxylic acid groups (broad SMARTS) is 1. The van der Waals surface area contributed by atoms with E-state index in [4.69, 9.17) is 5.11 Å². The van der Waals surface area contributed by atoms with Crippen LogP contribution in [-0.4, -0.2) is 19.5 Å². The normalized spacial score (nSPS) is 13.0. The Labute approximate surface area is 125 Å². The van der Waals surface area contributed by atoms with Crippen molar-refractivity contribution in [3.63, 3.8) is 0 Å². The summed E-state index contributed by atoms with van der Waals surface area (Å²) >= 11 is 0.646. The molecule has 0 bridgehead atoms. The summed E-state index contributed by atoms with van der Waals surface area (Å²) in [6, 6.07) is 7.51. The SMILES string of the molecule is C[C@@H](NS(=O)(=O)c1ccc(C(=O)O)s1)c1ccccc1F. The van der Waals surface area contributed by atoms with Crippen LogP contribution in [0.25, 0.3) is 0 Å². The van der Waals surface area contributed by atoms with E-state index in [1.165, 1.54) is 37.3 Å². The lowest BCUT2D eigenvalue weighted by atomic mass is 10.1. The summed E-state index contributed by atoms with van der Waals surface area (Å²) in [4.78, 5) is 10.7. The fourth-order valence-electron chi connectivity index (χ4n) is 1.76. The van der Waals surface area contributed by atoms with Gasteiger partial charge in [-0.1, -0.05) is 18.2 Å². The molecule has 0 aliphatic heterocycles. The van der Waals surface area contributed by atoms with Gasteiger partial charge in [-0.05, 0) is 25.1 Å². The number of benzene rings is 1. The van der Waals surface area contributed by atoms with Gasteiger partial charge < -0.3 is 5.11 Å². The topological polar surface area (TPSA) is 83.5 Å². The van der Waals surface area contributed by atoms with E-state index >= 15 is 0 Å². The second-order valence-corrected chi connectivity index (χ2v) is 7.31. The van der Waals surface area contributed by atoms with Gasteiger partial charge in [-0.15, -0.1) is 11.3 Å². The van der Waals surface area contributed by atoms with Crippen LogP contribution in [0.3, 0.4) is 0 Å².